The Balaban J connectivity index is 1.39. The van der Waals surface area contributed by atoms with Gasteiger partial charge >= 0.3 is 5.97 Å². The van der Waals surface area contributed by atoms with E-state index in [2.05, 4.69) is 22.4 Å². The van der Waals surface area contributed by atoms with E-state index in [9.17, 15) is 4.79 Å². The second-order valence-corrected chi connectivity index (χ2v) is 6.82. The molecule has 21 heavy (non-hydrogen) atoms. The highest BCUT2D eigenvalue weighted by atomic mass is 32.1. The van der Waals surface area contributed by atoms with Gasteiger partial charge in [-0.05, 0) is 11.8 Å². The lowest BCUT2D eigenvalue weighted by atomic mass is 10.2. The summed E-state index contributed by atoms with van der Waals surface area (Å²) in [5, 5.41) is 12.2. The molecule has 1 unspecified atom stereocenters. The zero-order valence-electron chi connectivity index (χ0n) is 11.5. The molecule has 0 bridgehead atoms. The third-order valence-corrected chi connectivity index (χ3v) is 5.37. The van der Waals surface area contributed by atoms with Gasteiger partial charge in [0.15, 0.2) is 0 Å². The number of aliphatic carboxylic acids is 1. The van der Waals surface area contributed by atoms with Crippen molar-refractivity contribution in [2.45, 2.75) is 6.54 Å². The molecule has 1 N–H and O–H groups in total. The Morgan fingerprint density at radius 2 is 2.00 bits per heavy atom. The van der Waals surface area contributed by atoms with Gasteiger partial charge in [-0.1, -0.05) is 30.3 Å². The molecular weight excluding hydrogens is 284 g/mol. The molecule has 1 saturated carbocycles. The first-order valence-corrected chi connectivity index (χ1v) is 8.05. The van der Waals surface area contributed by atoms with Crippen LogP contribution in [-0.2, 0) is 11.3 Å². The molecule has 108 valence electrons. The molecule has 0 amide bonds. The van der Waals surface area contributed by atoms with Crippen LogP contribution in [0.25, 0.3) is 11.3 Å². The molecule has 4 nitrogen and oxygen atoms in total. The summed E-state index contributed by atoms with van der Waals surface area (Å²) in [6.45, 7) is 2.65. The van der Waals surface area contributed by atoms with Crippen LogP contribution in [0.3, 0.4) is 0 Å². The second-order valence-electron chi connectivity index (χ2n) is 5.88. The van der Waals surface area contributed by atoms with Crippen molar-refractivity contribution >= 4 is 17.3 Å². The Morgan fingerprint density at radius 1 is 1.29 bits per heavy atom. The predicted octanol–water partition coefficient (Wildman–Crippen LogP) is 2.57. The van der Waals surface area contributed by atoms with E-state index in [1.165, 1.54) is 0 Å². The highest BCUT2D eigenvalue weighted by Gasteiger charge is 2.59. The Hall–Kier alpha value is -1.72. The lowest BCUT2D eigenvalue weighted by Crippen LogP contribution is -2.25. The number of likely N-dealkylation sites (tertiary alicyclic amines) is 1. The second kappa shape index (κ2) is 4.93. The lowest BCUT2D eigenvalue weighted by molar-refractivity contribution is -0.139. The third-order valence-electron chi connectivity index (χ3n) is 4.53. The Kier molecular flexibility index (Phi) is 3.05. The Morgan fingerprint density at radius 3 is 2.67 bits per heavy atom. The number of benzene rings is 1. The molecule has 1 aromatic heterocycles. The number of thiazole rings is 1. The number of hydrogen-bond acceptors (Lipinski definition) is 4. The smallest absolute Gasteiger partial charge is 0.307 e. The van der Waals surface area contributed by atoms with Crippen LogP contribution in [0.2, 0.25) is 0 Å². The standard InChI is InChI=1S/C16H16N2O2S/c19-16(20)15-11-6-18(7-12(11)15)8-14-17-13(9-21-14)10-4-2-1-3-5-10/h1-5,9,11-12,15H,6-8H2,(H,19,20)/t11-,12+,15?. The van der Waals surface area contributed by atoms with Crippen LogP contribution in [0.4, 0.5) is 0 Å². The molecule has 4 rings (SSSR count). The molecule has 1 aliphatic carbocycles. The number of aromatic nitrogens is 1. The van der Waals surface area contributed by atoms with Crippen molar-refractivity contribution in [2.24, 2.45) is 17.8 Å². The lowest BCUT2D eigenvalue weighted by Gasteiger charge is -2.16. The first-order valence-electron chi connectivity index (χ1n) is 7.17. The van der Waals surface area contributed by atoms with Crippen LogP contribution < -0.4 is 0 Å². The fourth-order valence-corrected chi connectivity index (χ4v) is 4.27. The molecule has 3 atom stereocenters. The number of nitrogens with zero attached hydrogens (tertiary/aromatic N) is 2. The quantitative estimate of drug-likeness (QED) is 0.943. The Labute approximate surface area is 127 Å². The van der Waals surface area contributed by atoms with Crippen LogP contribution in [0, 0.1) is 17.8 Å². The fourth-order valence-electron chi connectivity index (χ4n) is 3.43. The minimum Gasteiger partial charge on any atom is -0.481 e. The monoisotopic (exact) mass is 300 g/mol. The van der Waals surface area contributed by atoms with Crippen molar-refractivity contribution in [1.82, 2.24) is 9.88 Å². The SMILES string of the molecule is O=C(O)C1[C@H]2CN(Cc3nc(-c4ccccc4)cs3)C[C@@H]12. The van der Waals surface area contributed by atoms with E-state index in [4.69, 9.17) is 10.1 Å². The summed E-state index contributed by atoms with van der Waals surface area (Å²) in [5.41, 5.74) is 2.18. The van der Waals surface area contributed by atoms with Crippen molar-refractivity contribution in [3.8, 4) is 11.3 Å². The normalized spacial score (nSPS) is 27.5. The molecular formula is C16H16N2O2S. The van der Waals surface area contributed by atoms with Crippen LogP contribution in [0.15, 0.2) is 35.7 Å². The van der Waals surface area contributed by atoms with Crippen molar-refractivity contribution in [3.05, 3.63) is 40.7 Å². The number of fused-ring (bicyclic) bond motifs is 1. The molecule has 1 saturated heterocycles. The number of rotatable bonds is 4. The Bertz CT molecular complexity index is 658. The number of carboxylic acids is 1. The van der Waals surface area contributed by atoms with E-state index in [0.29, 0.717) is 11.8 Å². The first kappa shape index (κ1) is 13.0. The van der Waals surface area contributed by atoms with Crippen molar-refractivity contribution in [2.75, 3.05) is 13.1 Å². The van der Waals surface area contributed by atoms with E-state index in [-0.39, 0.29) is 5.92 Å². The summed E-state index contributed by atoms with van der Waals surface area (Å²) < 4.78 is 0. The minimum absolute atomic E-state index is 0.0857. The highest BCUT2D eigenvalue weighted by molar-refractivity contribution is 7.09. The molecule has 2 heterocycles. The van der Waals surface area contributed by atoms with E-state index in [1.54, 1.807) is 11.3 Å². The average Bonchev–Trinajstić information content (AvgIpc) is 2.85. The summed E-state index contributed by atoms with van der Waals surface area (Å²) in [4.78, 5) is 18.0. The van der Waals surface area contributed by atoms with Crippen molar-refractivity contribution in [1.29, 1.82) is 0 Å². The summed E-state index contributed by atoms with van der Waals surface area (Å²) >= 11 is 1.69. The highest BCUT2D eigenvalue weighted by Crippen LogP contribution is 2.52. The van der Waals surface area contributed by atoms with Gasteiger partial charge in [-0.2, -0.15) is 0 Å². The third kappa shape index (κ3) is 2.36. The van der Waals surface area contributed by atoms with Gasteiger partial charge in [0.2, 0.25) is 0 Å². The molecule has 0 radical (unpaired) electrons. The summed E-state index contributed by atoms with van der Waals surface area (Å²) in [6.07, 6.45) is 0. The van der Waals surface area contributed by atoms with Gasteiger partial charge in [-0.25, -0.2) is 4.98 Å². The zero-order valence-corrected chi connectivity index (χ0v) is 12.3. The maximum Gasteiger partial charge on any atom is 0.307 e. The van der Waals surface area contributed by atoms with E-state index >= 15 is 0 Å². The van der Waals surface area contributed by atoms with Crippen LogP contribution in [0.5, 0.6) is 0 Å². The van der Waals surface area contributed by atoms with Gasteiger partial charge in [0.1, 0.15) is 5.01 Å². The maximum atomic E-state index is 11.0. The first-order chi connectivity index (χ1) is 10.2. The van der Waals surface area contributed by atoms with Gasteiger partial charge < -0.3 is 5.11 Å². The summed E-state index contributed by atoms with van der Waals surface area (Å²) in [5.74, 6) is 0.0369. The maximum absolute atomic E-state index is 11.0. The van der Waals surface area contributed by atoms with Gasteiger partial charge in [0.25, 0.3) is 0 Å². The van der Waals surface area contributed by atoms with Crippen LogP contribution in [-0.4, -0.2) is 34.0 Å². The number of carboxylic acid groups (broad SMARTS) is 1. The minimum atomic E-state index is -0.620. The topological polar surface area (TPSA) is 53.4 Å². The number of carbonyl (C=O) groups is 1. The molecule has 5 heteroatoms. The summed E-state index contributed by atoms with van der Waals surface area (Å²) in [7, 11) is 0. The van der Waals surface area contributed by atoms with E-state index < -0.39 is 5.97 Å². The van der Waals surface area contributed by atoms with Gasteiger partial charge in [0.05, 0.1) is 18.2 Å². The molecule has 0 spiro atoms. The molecule has 1 aromatic carbocycles. The molecule has 1 aliphatic heterocycles. The van der Waals surface area contributed by atoms with Crippen LogP contribution >= 0.6 is 11.3 Å². The van der Waals surface area contributed by atoms with Crippen LogP contribution in [0.1, 0.15) is 5.01 Å². The van der Waals surface area contributed by atoms with Gasteiger partial charge in [0, 0.05) is 24.0 Å². The zero-order chi connectivity index (χ0) is 14.4. The largest absolute Gasteiger partial charge is 0.481 e. The van der Waals surface area contributed by atoms with Gasteiger partial charge in [-0.3, -0.25) is 9.69 Å². The molecule has 2 aromatic rings. The molecule has 2 aliphatic rings. The molecule has 2 fully saturated rings. The van der Waals surface area contributed by atoms with E-state index in [1.807, 2.05) is 18.2 Å². The predicted molar refractivity (Wildman–Crippen MR) is 80.9 cm³/mol. The van der Waals surface area contributed by atoms with E-state index in [0.717, 1.165) is 35.9 Å². The van der Waals surface area contributed by atoms with Crippen molar-refractivity contribution in [3.63, 3.8) is 0 Å². The number of piperidine rings is 1. The number of hydrogen-bond donors (Lipinski definition) is 1. The average molecular weight is 300 g/mol. The summed E-state index contributed by atoms with van der Waals surface area (Å²) in [6, 6.07) is 10.2. The fraction of sp³-hybridized carbons (Fsp3) is 0.375. The van der Waals surface area contributed by atoms with Gasteiger partial charge in [-0.15, -0.1) is 11.3 Å². The van der Waals surface area contributed by atoms with Crippen molar-refractivity contribution < 1.29 is 9.90 Å².